The first-order valence-corrected chi connectivity index (χ1v) is 8.03. The van der Waals surface area contributed by atoms with Crippen LogP contribution in [0, 0.1) is 5.41 Å². The van der Waals surface area contributed by atoms with Crippen LogP contribution in [0.1, 0.15) is 32.3 Å². The highest BCUT2D eigenvalue weighted by Crippen LogP contribution is 2.34. The van der Waals surface area contributed by atoms with Gasteiger partial charge in [-0.05, 0) is 36.0 Å². The van der Waals surface area contributed by atoms with Gasteiger partial charge in [0.25, 0.3) is 0 Å². The Bertz CT molecular complexity index is 401. The van der Waals surface area contributed by atoms with Crippen molar-refractivity contribution in [2.75, 3.05) is 18.0 Å². The molecule has 1 fully saturated rings. The van der Waals surface area contributed by atoms with E-state index in [0.29, 0.717) is 5.41 Å². The Hall–Kier alpha value is -0.0200. The molecule has 1 aromatic carbocycles. The molecule has 94 valence electrons. The molecular formula is C14H19Br2N. The van der Waals surface area contributed by atoms with Crippen LogP contribution in [0.15, 0.2) is 22.7 Å². The molecule has 0 unspecified atom stereocenters. The van der Waals surface area contributed by atoms with Gasteiger partial charge in [-0.25, -0.2) is 0 Å². The fourth-order valence-corrected chi connectivity index (χ4v) is 3.40. The molecule has 0 bridgehead atoms. The van der Waals surface area contributed by atoms with E-state index < -0.39 is 0 Å². The summed E-state index contributed by atoms with van der Waals surface area (Å²) in [5, 5.41) is 0.923. The second-order valence-electron chi connectivity index (χ2n) is 5.60. The van der Waals surface area contributed by atoms with E-state index >= 15 is 0 Å². The van der Waals surface area contributed by atoms with Crippen molar-refractivity contribution >= 4 is 37.5 Å². The van der Waals surface area contributed by atoms with Crippen molar-refractivity contribution in [3.8, 4) is 0 Å². The zero-order valence-electron chi connectivity index (χ0n) is 10.5. The summed E-state index contributed by atoms with van der Waals surface area (Å²) >= 11 is 7.16. The second kappa shape index (κ2) is 5.31. The number of piperidine rings is 1. The molecule has 0 N–H and O–H groups in total. The minimum atomic E-state index is 0.435. The molecule has 0 atom stereocenters. The topological polar surface area (TPSA) is 3.24 Å². The van der Waals surface area contributed by atoms with Crippen LogP contribution in [0.2, 0.25) is 0 Å². The Balaban J connectivity index is 2.29. The van der Waals surface area contributed by atoms with Crippen LogP contribution in [0.25, 0.3) is 0 Å². The van der Waals surface area contributed by atoms with Crippen molar-refractivity contribution in [2.24, 2.45) is 5.41 Å². The lowest BCUT2D eigenvalue weighted by atomic mass is 9.84. The predicted molar refractivity (Wildman–Crippen MR) is 82.0 cm³/mol. The van der Waals surface area contributed by atoms with Gasteiger partial charge in [-0.1, -0.05) is 51.8 Å². The van der Waals surface area contributed by atoms with Crippen molar-refractivity contribution in [3.05, 3.63) is 28.2 Å². The van der Waals surface area contributed by atoms with Gasteiger partial charge in [0, 0.05) is 28.6 Å². The van der Waals surface area contributed by atoms with Crippen molar-refractivity contribution in [1.29, 1.82) is 0 Å². The predicted octanol–water partition coefficient (Wildman–Crippen LogP) is 4.97. The van der Waals surface area contributed by atoms with Crippen LogP contribution < -0.4 is 4.90 Å². The summed E-state index contributed by atoms with van der Waals surface area (Å²) < 4.78 is 1.17. The second-order valence-corrected chi connectivity index (χ2v) is 7.07. The quantitative estimate of drug-likeness (QED) is 0.673. The lowest BCUT2D eigenvalue weighted by Crippen LogP contribution is -2.40. The molecule has 1 heterocycles. The van der Waals surface area contributed by atoms with E-state index in [4.69, 9.17) is 0 Å². The molecular weight excluding hydrogens is 342 g/mol. The number of benzene rings is 1. The molecule has 0 amide bonds. The largest absolute Gasteiger partial charge is 0.371 e. The summed E-state index contributed by atoms with van der Waals surface area (Å²) in [4.78, 5) is 2.53. The van der Waals surface area contributed by atoms with Crippen molar-refractivity contribution in [1.82, 2.24) is 0 Å². The van der Waals surface area contributed by atoms with Gasteiger partial charge in [-0.3, -0.25) is 0 Å². The van der Waals surface area contributed by atoms with Crippen LogP contribution in [-0.4, -0.2) is 13.1 Å². The molecule has 17 heavy (non-hydrogen) atoms. The third-order valence-corrected chi connectivity index (χ3v) is 4.53. The standard InChI is InChI=1S/C14H19Br2N/c1-14(2)6-3-7-17(10-14)13-8-12(16)5-4-11(13)9-15/h4-5,8H,3,6-7,9-10H2,1-2H3. The average molecular weight is 361 g/mol. The third-order valence-electron chi connectivity index (χ3n) is 3.43. The summed E-state index contributed by atoms with van der Waals surface area (Å²) in [7, 11) is 0. The van der Waals surface area contributed by atoms with E-state index in [-0.39, 0.29) is 0 Å². The van der Waals surface area contributed by atoms with E-state index in [2.05, 4.69) is 68.8 Å². The maximum absolute atomic E-state index is 3.59. The molecule has 0 aromatic heterocycles. The summed E-state index contributed by atoms with van der Waals surface area (Å²) in [6.07, 6.45) is 2.63. The van der Waals surface area contributed by atoms with Crippen molar-refractivity contribution < 1.29 is 0 Å². The highest BCUT2D eigenvalue weighted by atomic mass is 79.9. The molecule has 1 aromatic rings. The number of rotatable bonds is 2. The average Bonchev–Trinajstić information content (AvgIpc) is 2.27. The third kappa shape index (κ3) is 3.25. The van der Waals surface area contributed by atoms with Crippen LogP contribution in [0.4, 0.5) is 5.69 Å². The van der Waals surface area contributed by atoms with Gasteiger partial charge in [0.1, 0.15) is 0 Å². The van der Waals surface area contributed by atoms with Crippen LogP contribution in [-0.2, 0) is 5.33 Å². The summed E-state index contributed by atoms with van der Waals surface area (Å²) in [5.74, 6) is 0. The van der Waals surface area contributed by atoms with Crippen LogP contribution in [0.5, 0.6) is 0 Å². The van der Waals surface area contributed by atoms with Gasteiger partial charge in [0.2, 0.25) is 0 Å². The van der Waals surface area contributed by atoms with Gasteiger partial charge in [0.05, 0.1) is 0 Å². The van der Waals surface area contributed by atoms with E-state index in [0.717, 1.165) is 11.9 Å². The molecule has 1 saturated heterocycles. The van der Waals surface area contributed by atoms with Crippen LogP contribution >= 0.6 is 31.9 Å². The van der Waals surface area contributed by atoms with Gasteiger partial charge in [-0.2, -0.15) is 0 Å². The normalized spacial score (nSPS) is 19.4. The Morgan fingerprint density at radius 3 is 2.76 bits per heavy atom. The maximum atomic E-state index is 3.59. The Labute approximate surface area is 121 Å². The molecule has 1 aliphatic heterocycles. The summed E-state index contributed by atoms with van der Waals surface area (Å²) in [6, 6.07) is 6.57. The minimum Gasteiger partial charge on any atom is -0.371 e. The van der Waals surface area contributed by atoms with Crippen LogP contribution in [0.3, 0.4) is 0 Å². The van der Waals surface area contributed by atoms with E-state index in [1.165, 1.54) is 35.1 Å². The molecule has 0 aliphatic carbocycles. The first-order chi connectivity index (χ1) is 8.02. The number of alkyl halides is 1. The molecule has 1 aliphatic rings. The van der Waals surface area contributed by atoms with Crippen molar-refractivity contribution in [3.63, 3.8) is 0 Å². The lowest BCUT2D eigenvalue weighted by Gasteiger charge is -2.40. The minimum absolute atomic E-state index is 0.435. The summed E-state index contributed by atoms with van der Waals surface area (Å²) in [6.45, 7) is 7.07. The zero-order chi connectivity index (χ0) is 12.5. The SMILES string of the molecule is CC1(C)CCCN(c2cc(Br)ccc2CBr)C1. The number of hydrogen-bond acceptors (Lipinski definition) is 1. The fourth-order valence-electron chi connectivity index (χ4n) is 2.57. The highest BCUT2D eigenvalue weighted by molar-refractivity contribution is 9.10. The van der Waals surface area contributed by atoms with Crippen molar-refractivity contribution in [2.45, 2.75) is 32.0 Å². The lowest BCUT2D eigenvalue weighted by molar-refractivity contribution is 0.293. The molecule has 0 saturated carbocycles. The number of anilines is 1. The maximum Gasteiger partial charge on any atom is 0.0418 e. The van der Waals surface area contributed by atoms with Gasteiger partial charge >= 0.3 is 0 Å². The van der Waals surface area contributed by atoms with E-state index in [1.807, 2.05) is 0 Å². The monoisotopic (exact) mass is 359 g/mol. The van der Waals surface area contributed by atoms with Gasteiger partial charge in [0.15, 0.2) is 0 Å². The Morgan fingerprint density at radius 1 is 1.35 bits per heavy atom. The van der Waals surface area contributed by atoms with Gasteiger partial charge in [-0.15, -0.1) is 0 Å². The molecule has 3 heteroatoms. The molecule has 0 spiro atoms. The molecule has 1 nitrogen and oxygen atoms in total. The first kappa shape index (κ1) is 13.4. The number of halogens is 2. The van der Waals surface area contributed by atoms with Gasteiger partial charge < -0.3 is 4.90 Å². The van der Waals surface area contributed by atoms with E-state index in [1.54, 1.807) is 0 Å². The zero-order valence-corrected chi connectivity index (χ0v) is 13.6. The highest BCUT2D eigenvalue weighted by Gasteiger charge is 2.27. The van der Waals surface area contributed by atoms with E-state index in [9.17, 15) is 0 Å². The summed E-state index contributed by atoms with van der Waals surface area (Å²) in [5.41, 5.74) is 3.19. The number of nitrogens with zero attached hydrogens (tertiary/aromatic N) is 1. The fraction of sp³-hybridized carbons (Fsp3) is 0.571. The Morgan fingerprint density at radius 2 is 2.12 bits per heavy atom. The molecule has 2 rings (SSSR count). The number of hydrogen-bond donors (Lipinski definition) is 0. The first-order valence-electron chi connectivity index (χ1n) is 6.11. The smallest absolute Gasteiger partial charge is 0.0418 e. The molecule has 0 radical (unpaired) electrons. The Kier molecular flexibility index (Phi) is 4.19.